The van der Waals surface area contributed by atoms with Gasteiger partial charge in [-0.15, -0.1) is 12.4 Å². The minimum Gasteiger partial charge on any atom is -0.465 e. The van der Waals surface area contributed by atoms with Crippen LogP contribution in [0.5, 0.6) is 0 Å². The fourth-order valence-corrected chi connectivity index (χ4v) is 2.29. The van der Waals surface area contributed by atoms with Gasteiger partial charge in [0.15, 0.2) is 0 Å². The maximum Gasteiger partial charge on any atom is 0.339 e. The number of carbonyl (C=O) groups excluding carboxylic acids is 1. The summed E-state index contributed by atoms with van der Waals surface area (Å²) in [5.41, 5.74) is 8.06. The lowest BCUT2D eigenvalue weighted by Crippen LogP contribution is -2.26. The number of nitrogens with one attached hydrogen (secondary N) is 1. The van der Waals surface area contributed by atoms with E-state index in [0.717, 1.165) is 25.9 Å². The number of benzene rings is 1. The lowest BCUT2D eigenvalue weighted by Gasteiger charge is -2.23. The molecule has 18 heavy (non-hydrogen) atoms. The third-order valence-corrected chi connectivity index (χ3v) is 3.29. The number of carbonyl (C=O) groups is 1. The van der Waals surface area contributed by atoms with E-state index in [1.54, 1.807) is 6.07 Å². The molecule has 0 radical (unpaired) electrons. The Hall–Kier alpha value is -1.26. The van der Waals surface area contributed by atoms with Crippen molar-refractivity contribution in [3.63, 3.8) is 0 Å². The summed E-state index contributed by atoms with van der Waals surface area (Å²) >= 11 is 0. The second kappa shape index (κ2) is 6.61. The molecule has 1 aromatic carbocycles. The summed E-state index contributed by atoms with van der Waals surface area (Å²) in [5, 5.41) is 3.33. The highest BCUT2D eigenvalue weighted by Crippen LogP contribution is 2.28. The average molecular weight is 271 g/mol. The molecule has 1 saturated heterocycles. The molecule has 1 aliphatic rings. The van der Waals surface area contributed by atoms with Crippen LogP contribution in [0.15, 0.2) is 18.2 Å². The highest BCUT2D eigenvalue weighted by Gasteiger charge is 2.17. The molecule has 3 N–H and O–H groups in total. The number of hydrogen-bond donors (Lipinski definition) is 2. The Morgan fingerprint density at radius 3 is 2.61 bits per heavy atom. The molecule has 1 aliphatic heterocycles. The summed E-state index contributed by atoms with van der Waals surface area (Å²) in [7, 11) is 1.36. The van der Waals surface area contributed by atoms with E-state index in [1.165, 1.54) is 12.7 Å². The molecule has 0 aliphatic carbocycles. The van der Waals surface area contributed by atoms with Gasteiger partial charge in [-0.2, -0.15) is 0 Å². The minimum atomic E-state index is -0.376. The SMILES string of the molecule is COC(=O)c1ccc(C2CCNCC2)cc1N.Cl. The predicted molar refractivity (Wildman–Crippen MR) is 74.3 cm³/mol. The largest absolute Gasteiger partial charge is 0.465 e. The topological polar surface area (TPSA) is 64.3 Å². The van der Waals surface area contributed by atoms with Gasteiger partial charge in [0.05, 0.1) is 12.7 Å². The third kappa shape index (κ3) is 3.15. The number of nitrogens with two attached hydrogens (primary N) is 1. The van der Waals surface area contributed by atoms with E-state index < -0.39 is 0 Å². The normalized spacial score (nSPS) is 15.8. The molecule has 0 aromatic heterocycles. The lowest BCUT2D eigenvalue weighted by atomic mass is 9.89. The highest BCUT2D eigenvalue weighted by molar-refractivity contribution is 5.95. The Morgan fingerprint density at radius 1 is 1.39 bits per heavy atom. The smallest absolute Gasteiger partial charge is 0.339 e. The molecule has 0 atom stereocenters. The number of nitrogen functional groups attached to an aromatic ring is 1. The maximum atomic E-state index is 11.4. The Balaban J connectivity index is 0.00000162. The van der Waals surface area contributed by atoms with Crippen molar-refractivity contribution in [3.8, 4) is 0 Å². The number of esters is 1. The zero-order chi connectivity index (χ0) is 12.3. The summed E-state index contributed by atoms with van der Waals surface area (Å²) in [6.07, 6.45) is 2.24. The van der Waals surface area contributed by atoms with Gasteiger partial charge in [0.1, 0.15) is 0 Å². The van der Waals surface area contributed by atoms with Crippen molar-refractivity contribution in [2.75, 3.05) is 25.9 Å². The Bertz CT molecular complexity index is 417. The summed E-state index contributed by atoms with van der Waals surface area (Å²) in [6, 6.07) is 5.65. The molecular weight excluding hydrogens is 252 g/mol. The number of piperidine rings is 1. The first kappa shape index (κ1) is 14.8. The second-order valence-electron chi connectivity index (χ2n) is 4.36. The molecule has 1 aromatic rings. The fourth-order valence-electron chi connectivity index (χ4n) is 2.29. The van der Waals surface area contributed by atoms with Gasteiger partial charge in [0.25, 0.3) is 0 Å². The van der Waals surface area contributed by atoms with Crippen LogP contribution in [0.4, 0.5) is 5.69 Å². The van der Waals surface area contributed by atoms with Gasteiger partial charge in [-0.05, 0) is 49.5 Å². The second-order valence-corrected chi connectivity index (χ2v) is 4.36. The molecule has 0 spiro atoms. The van der Waals surface area contributed by atoms with Gasteiger partial charge >= 0.3 is 5.97 Å². The number of rotatable bonds is 2. The third-order valence-electron chi connectivity index (χ3n) is 3.29. The van der Waals surface area contributed by atoms with Crippen LogP contribution in [0.3, 0.4) is 0 Å². The molecular formula is C13H19ClN2O2. The van der Waals surface area contributed by atoms with E-state index in [0.29, 0.717) is 17.2 Å². The molecule has 5 heteroatoms. The molecule has 1 heterocycles. The fraction of sp³-hybridized carbons (Fsp3) is 0.462. The van der Waals surface area contributed by atoms with Crippen molar-refractivity contribution >= 4 is 24.1 Å². The van der Waals surface area contributed by atoms with Gasteiger partial charge in [0, 0.05) is 5.69 Å². The first-order chi connectivity index (χ1) is 8.22. The first-order valence-corrected chi connectivity index (χ1v) is 5.91. The van der Waals surface area contributed by atoms with Gasteiger partial charge in [-0.25, -0.2) is 4.79 Å². The van der Waals surface area contributed by atoms with Crippen LogP contribution in [0, 0.1) is 0 Å². The number of methoxy groups -OCH3 is 1. The molecule has 4 nitrogen and oxygen atoms in total. The number of anilines is 1. The van der Waals surface area contributed by atoms with Crippen molar-refractivity contribution in [1.29, 1.82) is 0 Å². The summed E-state index contributed by atoms with van der Waals surface area (Å²) in [5.74, 6) is 0.171. The van der Waals surface area contributed by atoms with Crippen LogP contribution in [0.1, 0.15) is 34.7 Å². The standard InChI is InChI=1S/C13H18N2O2.ClH/c1-17-13(16)11-3-2-10(8-12(11)14)9-4-6-15-7-5-9;/h2-3,8-9,15H,4-7,14H2,1H3;1H. The number of hydrogen-bond acceptors (Lipinski definition) is 4. The molecule has 0 bridgehead atoms. The van der Waals surface area contributed by atoms with E-state index in [2.05, 4.69) is 10.1 Å². The van der Waals surface area contributed by atoms with Gasteiger partial charge in [-0.3, -0.25) is 0 Å². The van der Waals surface area contributed by atoms with Crippen molar-refractivity contribution in [2.24, 2.45) is 0 Å². The predicted octanol–water partition coefficient (Wildman–Crippen LogP) is 1.94. The van der Waals surface area contributed by atoms with E-state index in [-0.39, 0.29) is 18.4 Å². The molecule has 0 unspecified atom stereocenters. The zero-order valence-electron chi connectivity index (χ0n) is 10.4. The number of ether oxygens (including phenoxy) is 1. The van der Waals surface area contributed by atoms with Crippen LogP contribution in [-0.2, 0) is 4.74 Å². The van der Waals surface area contributed by atoms with E-state index >= 15 is 0 Å². The van der Waals surface area contributed by atoms with E-state index in [9.17, 15) is 4.79 Å². The highest BCUT2D eigenvalue weighted by atomic mass is 35.5. The Kier molecular flexibility index (Phi) is 5.44. The number of halogens is 1. The molecule has 0 saturated carbocycles. The van der Waals surface area contributed by atoms with Gasteiger partial charge in [0.2, 0.25) is 0 Å². The van der Waals surface area contributed by atoms with Crippen molar-refractivity contribution in [3.05, 3.63) is 29.3 Å². The van der Waals surface area contributed by atoms with Crippen LogP contribution in [-0.4, -0.2) is 26.2 Å². The van der Waals surface area contributed by atoms with Crippen molar-refractivity contribution in [1.82, 2.24) is 5.32 Å². The van der Waals surface area contributed by atoms with Crippen molar-refractivity contribution in [2.45, 2.75) is 18.8 Å². The zero-order valence-corrected chi connectivity index (χ0v) is 11.3. The van der Waals surface area contributed by atoms with Gasteiger partial charge < -0.3 is 15.8 Å². The van der Waals surface area contributed by atoms with Crippen molar-refractivity contribution < 1.29 is 9.53 Å². The summed E-state index contributed by atoms with van der Waals surface area (Å²) < 4.78 is 4.67. The lowest BCUT2D eigenvalue weighted by molar-refractivity contribution is 0.0602. The summed E-state index contributed by atoms with van der Waals surface area (Å²) in [6.45, 7) is 2.09. The maximum absolute atomic E-state index is 11.4. The molecule has 100 valence electrons. The average Bonchev–Trinajstić information content (AvgIpc) is 2.39. The monoisotopic (exact) mass is 270 g/mol. The Morgan fingerprint density at radius 2 is 2.06 bits per heavy atom. The Labute approximate surface area is 113 Å². The van der Waals surface area contributed by atoms with E-state index in [4.69, 9.17) is 5.73 Å². The van der Waals surface area contributed by atoms with Crippen LogP contribution in [0.25, 0.3) is 0 Å². The van der Waals surface area contributed by atoms with Crippen LogP contribution >= 0.6 is 12.4 Å². The minimum absolute atomic E-state index is 0. The molecule has 0 amide bonds. The molecule has 2 rings (SSSR count). The first-order valence-electron chi connectivity index (χ1n) is 5.91. The van der Waals surface area contributed by atoms with Crippen LogP contribution in [0.2, 0.25) is 0 Å². The van der Waals surface area contributed by atoms with Gasteiger partial charge in [-0.1, -0.05) is 6.07 Å². The molecule has 1 fully saturated rings. The quantitative estimate of drug-likeness (QED) is 0.637. The van der Waals surface area contributed by atoms with Crippen LogP contribution < -0.4 is 11.1 Å². The summed E-state index contributed by atoms with van der Waals surface area (Å²) in [4.78, 5) is 11.4. The van der Waals surface area contributed by atoms with E-state index in [1.807, 2.05) is 12.1 Å².